The summed E-state index contributed by atoms with van der Waals surface area (Å²) in [5.74, 6) is 5.21. The topological polar surface area (TPSA) is 78.6 Å². The van der Waals surface area contributed by atoms with E-state index in [-0.39, 0.29) is 30.0 Å². The van der Waals surface area contributed by atoms with Crippen LogP contribution in [-0.4, -0.2) is 41.1 Å². The first-order chi connectivity index (χ1) is 7.99. The molecule has 0 saturated heterocycles. The fraction of sp³-hybridized carbons (Fsp3) is 0.917. The summed E-state index contributed by atoms with van der Waals surface area (Å²) in [6, 6.07) is -0.216. The average Bonchev–Trinajstić information content (AvgIpc) is 2.28. The van der Waals surface area contributed by atoms with Crippen LogP contribution in [-0.2, 0) is 4.79 Å². The zero-order valence-electron chi connectivity index (χ0n) is 11.0. The molecule has 0 bridgehead atoms. The summed E-state index contributed by atoms with van der Waals surface area (Å²) in [7, 11) is 1.90. The first-order valence-corrected chi connectivity index (χ1v) is 6.39. The minimum absolute atomic E-state index is 0.0634. The van der Waals surface area contributed by atoms with Gasteiger partial charge >= 0.3 is 0 Å². The van der Waals surface area contributed by atoms with Gasteiger partial charge in [0, 0.05) is 6.04 Å². The lowest BCUT2D eigenvalue weighted by molar-refractivity contribution is -0.130. The molecule has 5 heteroatoms. The molecule has 1 saturated carbocycles. The number of carbonyl (C=O) groups excluding carboxylic acids is 1. The third-order valence-corrected chi connectivity index (χ3v) is 3.70. The van der Waals surface area contributed by atoms with Crippen LogP contribution in [0.4, 0.5) is 0 Å². The average molecular weight is 243 g/mol. The first kappa shape index (κ1) is 14.4. The second-order valence-electron chi connectivity index (χ2n) is 5.28. The van der Waals surface area contributed by atoms with Gasteiger partial charge < -0.3 is 5.11 Å². The van der Waals surface area contributed by atoms with E-state index in [4.69, 9.17) is 5.84 Å². The molecule has 4 N–H and O–H groups in total. The molecular formula is C12H25N3O2. The maximum absolute atomic E-state index is 11.8. The van der Waals surface area contributed by atoms with Crippen molar-refractivity contribution in [2.24, 2.45) is 11.8 Å². The van der Waals surface area contributed by atoms with Crippen LogP contribution in [0.1, 0.15) is 39.5 Å². The molecular weight excluding hydrogens is 218 g/mol. The van der Waals surface area contributed by atoms with Crippen molar-refractivity contribution in [3.8, 4) is 0 Å². The van der Waals surface area contributed by atoms with Crippen molar-refractivity contribution in [1.29, 1.82) is 0 Å². The number of nitrogens with zero attached hydrogens (tertiary/aromatic N) is 1. The molecule has 100 valence electrons. The number of hydrazine groups is 1. The molecule has 1 fully saturated rings. The monoisotopic (exact) mass is 243 g/mol. The Morgan fingerprint density at radius 1 is 1.41 bits per heavy atom. The SMILES string of the molecule is CC(C)C(C(=O)NN)N(C)C1CCCCC1O. The van der Waals surface area contributed by atoms with Crippen LogP contribution in [0.2, 0.25) is 0 Å². The lowest BCUT2D eigenvalue weighted by Gasteiger charge is -2.40. The third-order valence-electron chi connectivity index (χ3n) is 3.70. The van der Waals surface area contributed by atoms with Crippen molar-refractivity contribution in [3.63, 3.8) is 0 Å². The number of nitrogens with one attached hydrogen (secondary N) is 1. The lowest BCUT2D eigenvalue weighted by Crippen LogP contribution is -2.56. The smallest absolute Gasteiger partial charge is 0.251 e. The van der Waals surface area contributed by atoms with Gasteiger partial charge in [-0.05, 0) is 25.8 Å². The summed E-state index contributed by atoms with van der Waals surface area (Å²) in [6.45, 7) is 3.98. The Hall–Kier alpha value is -0.650. The maximum Gasteiger partial charge on any atom is 0.251 e. The highest BCUT2D eigenvalue weighted by molar-refractivity contribution is 5.81. The van der Waals surface area contributed by atoms with Gasteiger partial charge in [-0.1, -0.05) is 26.7 Å². The Morgan fingerprint density at radius 3 is 2.47 bits per heavy atom. The van der Waals surface area contributed by atoms with Crippen LogP contribution < -0.4 is 11.3 Å². The van der Waals surface area contributed by atoms with Crippen molar-refractivity contribution >= 4 is 5.91 Å². The Bertz CT molecular complexity index is 258. The van der Waals surface area contributed by atoms with Crippen LogP contribution in [0.5, 0.6) is 0 Å². The number of likely N-dealkylation sites (N-methyl/N-ethyl adjacent to an activating group) is 1. The largest absolute Gasteiger partial charge is 0.391 e. The van der Waals surface area contributed by atoms with Gasteiger partial charge in [-0.2, -0.15) is 0 Å². The predicted octanol–water partition coefficient (Wildman–Crippen LogP) is 0.236. The normalized spacial score (nSPS) is 27.2. The van der Waals surface area contributed by atoms with Crippen molar-refractivity contribution in [3.05, 3.63) is 0 Å². The third kappa shape index (κ3) is 3.40. The van der Waals surface area contributed by atoms with Crippen LogP contribution >= 0.6 is 0 Å². The fourth-order valence-electron chi connectivity index (χ4n) is 2.82. The Balaban J connectivity index is 2.75. The van der Waals surface area contributed by atoms with E-state index in [1.165, 1.54) is 0 Å². The van der Waals surface area contributed by atoms with E-state index in [2.05, 4.69) is 5.43 Å². The first-order valence-electron chi connectivity index (χ1n) is 6.39. The molecule has 0 aliphatic heterocycles. The van der Waals surface area contributed by atoms with E-state index in [1.54, 1.807) is 0 Å². The fourth-order valence-corrected chi connectivity index (χ4v) is 2.82. The van der Waals surface area contributed by atoms with Gasteiger partial charge in [0.25, 0.3) is 5.91 Å². The number of hydrogen-bond acceptors (Lipinski definition) is 4. The standard InChI is InChI=1S/C12H25N3O2/c1-8(2)11(12(17)14-13)15(3)9-6-4-5-7-10(9)16/h8-11,16H,4-7,13H2,1-3H3,(H,14,17). The minimum Gasteiger partial charge on any atom is -0.391 e. The maximum atomic E-state index is 11.8. The summed E-state index contributed by atoms with van der Waals surface area (Å²) >= 11 is 0. The number of aliphatic hydroxyl groups excluding tert-OH is 1. The molecule has 0 spiro atoms. The van der Waals surface area contributed by atoms with Gasteiger partial charge in [0.15, 0.2) is 0 Å². The molecule has 1 amide bonds. The summed E-state index contributed by atoms with van der Waals surface area (Å²) < 4.78 is 0. The van der Waals surface area contributed by atoms with Crippen LogP contribution in [0.15, 0.2) is 0 Å². The number of rotatable bonds is 4. The van der Waals surface area contributed by atoms with Gasteiger partial charge in [-0.25, -0.2) is 5.84 Å². The van der Waals surface area contributed by atoms with E-state index in [0.29, 0.717) is 0 Å². The molecule has 5 nitrogen and oxygen atoms in total. The van der Waals surface area contributed by atoms with Crippen molar-refractivity contribution in [2.45, 2.75) is 57.7 Å². The number of amides is 1. The Morgan fingerprint density at radius 2 is 2.00 bits per heavy atom. The van der Waals surface area contributed by atoms with Crippen molar-refractivity contribution in [2.75, 3.05) is 7.05 Å². The molecule has 3 atom stereocenters. The van der Waals surface area contributed by atoms with Crippen molar-refractivity contribution < 1.29 is 9.90 Å². The van der Waals surface area contributed by atoms with Crippen LogP contribution in [0.3, 0.4) is 0 Å². The summed E-state index contributed by atoms with van der Waals surface area (Å²) in [5.41, 5.74) is 2.22. The highest BCUT2D eigenvalue weighted by Gasteiger charge is 2.35. The molecule has 1 aliphatic rings. The molecule has 0 aromatic rings. The highest BCUT2D eigenvalue weighted by atomic mass is 16.3. The molecule has 1 rings (SSSR count). The zero-order valence-corrected chi connectivity index (χ0v) is 11.0. The van der Waals surface area contributed by atoms with Crippen molar-refractivity contribution in [1.82, 2.24) is 10.3 Å². The molecule has 0 heterocycles. The summed E-state index contributed by atoms with van der Waals surface area (Å²) in [6.07, 6.45) is 3.62. The lowest BCUT2D eigenvalue weighted by atomic mass is 9.89. The highest BCUT2D eigenvalue weighted by Crippen LogP contribution is 2.25. The van der Waals surface area contributed by atoms with Gasteiger partial charge in [0.05, 0.1) is 12.1 Å². The van der Waals surface area contributed by atoms with Gasteiger partial charge in [0.1, 0.15) is 0 Å². The molecule has 0 aromatic carbocycles. The molecule has 0 radical (unpaired) electrons. The van der Waals surface area contributed by atoms with Crippen LogP contribution in [0, 0.1) is 5.92 Å². The van der Waals surface area contributed by atoms with E-state index >= 15 is 0 Å². The molecule has 17 heavy (non-hydrogen) atoms. The number of carbonyl (C=O) groups is 1. The van der Waals surface area contributed by atoms with E-state index in [0.717, 1.165) is 25.7 Å². The van der Waals surface area contributed by atoms with Crippen LogP contribution in [0.25, 0.3) is 0 Å². The minimum atomic E-state index is -0.333. The predicted molar refractivity (Wildman–Crippen MR) is 67.0 cm³/mol. The summed E-state index contributed by atoms with van der Waals surface area (Å²) in [5, 5.41) is 10.0. The zero-order chi connectivity index (χ0) is 13.0. The number of aliphatic hydroxyl groups is 1. The van der Waals surface area contributed by atoms with E-state index in [1.807, 2.05) is 25.8 Å². The molecule has 1 aliphatic carbocycles. The van der Waals surface area contributed by atoms with Gasteiger partial charge in [0.2, 0.25) is 0 Å². The quantitative estimate of drug-likeness (QED) is 0.375. The molecule has 0 aromatic heterocycles. The molecule has 3 unspecified atom stereocenters. The number of nitrogens with two attached hydrogens (primary N) is 1. The second kappa shape index (κ2) is 6.33. The van der Waals surface area contributed by atoms with Gasteiger partial charge in [-0.15, -0.1) is 0 Å². The number of hydrogen-bond donors (Lipinski definition) is 3. The Labute approximate surface area is 103 Å². The second-order valence-corrected chi connectivity index (χ2v) is 5.28. The van der Waals surface area contributed by atoms with Gasteiger partial charge in [-0.3, -0.25) is 15.1 Å². The van der Waals surface area contributed by atoms with E-state index in [9.17, 15) is 9.90 Å². The Kier molecular flexibility index (Phi) is 5.36. The van der Waals surface area contributed by atoms with E-state index < -0.39 is 0 Å². The summed E-state index contributed by atoms with van der Waals surface area (Å²) in [4.78, 5) is 13.8.